The summed E-state index contributed by atoms with van der Waals surface area (Å²) in [7, 11) is 0. The predicted molar refractivity (Wildman–Crippen MR) is 44.5 cm³/mol. The summed E-state index contributed by atoms with van der Waals surface area (Å²) in [5.74, 6) is 1.49. The van der Waals surface area contributed by atoms with E-state index in [0.29, 0.717) is 11.0 Å². The zero-order valence-electron chi connectivity index (χ0n) is 4.39. The van der Waals surface area contributed by atoms with Crippen molar-refractivity contribution in [2.75, 3.05) is 10.2 Å². The number of rotatable bonds is 2. The highest BCUT2D eigenvalue weighted by Crippen LogP contribution is 2.29. The minimum absolute atomic E-state index is 0.404. The number of carbonyl (C=O) groups is 1. The SMILES string of the molecule is O=C1SCC1CCI. The second kappa shape index (κ2) is 3.06. The second-order valence-electron chi connectivity index (χ2n) is 1.80. The van der Waals surface area contributed by atoms with Crippen LogP contribution in [-0.2, 0) is 4.79 Å². The lowest BCUT2D eigenvalue weighted by molar-refractivity contribution is -0.115. The number of carbonyl (C=O) groups excluding carboxylic acids is 1. The lowest BCUT2D eigenvalue weighted by Gasteiger charge is -2.21. The summed E-state index contributed by atoms with van der Waals surface area (Å²) in [4.78, 5) is 10.6. The largest absolute Gasteiger partial charge is 0.287 e. The van der Waals surface area contributed by atoms with Crippen LogP contribution >= 0.6 is 34.4 Å². The Labute approximate surface area is 66.7 Å². The first-order valence-electron chi connectivity index (χ1n) is 2.57. The van der Waals surface area contributed by atoms with Crippen LogP contribution in [0.25, 0.3) is 0 Å². The van der Waals surface area contributed by atoms with Crippen LogP contribution in [0.2, 0.25) is 0 Å². The van der Waals surface area contributed by atoms with Crippen LogP contribution in [-0.4, -0.2) is 15.3 Å². The summed E-state index contributed by atoms with van der Waals surface area (Å²) in [6.45, 7) is 0. The third-order valence-electron chi connectivity index (χ3n) is 1.22. The molecule has 1 nitrogen and oxygen atoms in total. The molecule has 1 saturated heterocycles. The van der Waals surface area contributed by atoms with Gasteiger partial charge < -0.3 is 0 Å². The smallest absolute Gasteiger partial charge is 0.192 e. The molecule has 0 saturated carbocycles. The number of hydrogen-bond donors (Lipinski definition) is 0. The van der Waals surface area contributed by atoms with Crippen molar-refractivity contribution in [2.45, 2.75) is 6.42 Å². The summed E-state index contributed by atoms with van der Waals surface area (Å²) in [6.07, 6.45) is 1.09. The lowest BCUT2D eigenvalue weighted by Crippen LogP contribution is -2.24. The molecule has 1 unspecified atom stereocenters. The van der Waals surface area contributed by atoms with Crippen LogP contribution in [0.3, 0.4) is 0 Å². The summed E-state index contributed by atoms with van der Waals surface area (Å²) < 4.78 is 1.12. The molecule has 1 atom stereocenters. The first kappa shape index (κ1) is 6.86. The molecule has 0 aromatic rings. The highest BCUT2D eigenvalue weighted by Gasteiger charge is 2.27. The van der Waals surface area contributed by atoms with E-state index in [2.05, 4.69) is 22.6 Å². The fourth-order valence-corrected chi connectivity index (χ4v) is 2.18. The Balaban J connectivity index is 2.17. The molecule has 46 valence electrons. The van der Waals surface area contributed by atoms with Crippen molar-refractivity contribution in [3.63, 3.8) is 0 Å². The molecular formula is C5H7IOS. The molecule has 0 spiro atoms. The molecule has 1 rings (SSSR count). The Morgan fingerprint density at radius 3 is 2.75 bits per heavy atom. The molecule has 0 aliphatic carbocycles. The van der Waals surface area contributed by atoms with Gasteiger partial charge in [0.15, 0.2) is 5.12 Å². The average molecular weight is 242 g/mol. The van der Waals surface area contributed by atoms with Gasteiger partial charge in [-0.05, 0) is 6.42 Å². The Bertz CT molecular complexity index is 105. The third kappa shape index (κ3) is 1.37. The number of thioether (sulfide) groups is 1. The van der Waals surface area contributed by atoms with Crippen molar-refractivity contribution in [1.82, 2.24) is 0 Å². The molecule has 0 aromatic heterocycles. The van der Waals surface area contributed by atoms with Gasteiger partial charge in [0.2, 0.25) is 0 Å². The van der Waals surface area contributed by atoms with Gasteiger partial charge in [0.1, 0.15) is 0 Å². The molecule has 3 heteroatoms. The molecule has 1 fully saturated rings. The van der Waals surface area contributed by atoms with E-state index in [1.165, 1.54) is 11.8 Å². The van der Waals surface area contributed by atoms with Crippen LogP contribution in [0, 0.1) is 5.92 Å². The van der Waals surface area contributed by atoms with E-state index in [1.807, 2.05) is 0 Å². The Hall–Kier alpha value is 0.750. The van der Waals surface area contributed by atoms with Crippen molar-refractivity contribution in [1.29, 1.82) is 0 Å². The molecular weight excluding hydrogens is 235 g/mol. The van der Waals surface area contributed by atoms with Crippen LogP contribution < -0.4 is 0 Å². The van der Waals surface area contributed by atoms with Crippen molar-refractivity contribution in [3.05, 3.63) is 0 Å². The van der Waals surface area contributed by atoms with Gasteiger partial charge in [0, 0.05) is 16.1 Å². The van der Waals surface area contributed by atoms with E-state index in [0.717, 1.165) is 16.6 Å². The van der Waals surface area contributed by atoms with Gasteiger partial charge in [-0.15, -0.1) is 0 Å². The number of hydrogen-bond acceptors (Lipinski definition) is 2. The van der Waals surface area contributed by atoms with Crippen LogP contribution in [0.4, 0.5) is 0 Å². The standard InChI is InChI=1S/C5H7IOS/c6-2-1-4-3-8-5(4)7/h4H,1-3H2. The molecule has 8 heavy (non-hydrogen) atoms. The van der Waals surface area contributed by atoms with E-state index >= 15 is 0 Å². The quantitative estimate of drug-likeness (QED) is 0.541. The Morgan fingerprint density at radius 2 is 2.62 bits per heavy atom. The summed E-state index contributed by atoms with van der Waals surface area (Å²) >= 11 is 3.77. The van der Waals surface area contributed by atoms with E-state index in [-0.39, 0.29) is 0 Å². The number of halogens is 1. The maximum absolute atomic E-state index is 10.6. The average Bonchev–Trinajstić information content (AvgIpc) is 1.79. The molecule has 1 aliphatic rings. The topological polar surface area (TPSA) is 17.1 Å². The first-order chi connectivity index (χ1) is 3.84. The molecule has 0 aromatic carbocycles. The maximum Gasteiger partial charge on any atom is 0.192 e. The molecule has 1 aliphatic heterocycles. The number of alkyl halides is 1. The fraction of sp³-hybridized carbons (Fsp3) is 0.800. The van der Waals surface area contributed by atoms with Crippen LogP contribution in [0.1, 0.15) is 6.42 Å². The minimum Gasteiger partial charge on any atom is -0.287 e. The van der Waals surface area contributed by atoms with E-state index in [1.54, 1.807) is 0 Å². The van der Waals surface area contributed by atoms with Gasteiger partial charge in [0.05, 0.1) is 0 Å². The summed E-state index contributed by atoms with van der Waals surface area (Å²) in [5.41, 5.74) is 0. The first-order valence-corrected chi connectivity index (χ1v) is 5.08. The highest BCUT2D eigenvalue weighted by atomic mass is 127. The van der Waals surface area contributed by atoms with Gasteiger partial charge in [-0.3, -0.25) is 4.79 Å². The van der Waals surface area contributed by atoms with E-state index < -0.39 is 0 Å². The maximum atomic E-state index is 10.6. The normalized spacial score (nSPS) is 27.6. The van der Waals surface area contributed by atoms with E-state index in [9.17, 15) is 4.79 Å². The zero-order chi connectivity index (χ0) is 5.98. The van der Waals surface area contributed by atoms with Crippen molar-refractivity contribution < 1.29 is 4.79 Å². The third-order valence-corrected chi connectivity index (χ3v) is 3.03. The van der Waals surface area contributed by atoms with Crippen LogP contribution in [0.15, 0.2) is 0 Å². The molecule has 0 N–H and O–H groups in total. The molecule has 1 heterocycles. The lowest BCUT2D eigenvalue weighted by atomic mass is 10.1. The van der Waals surface area contributed by atoms with E-state index in [4.69, 9.17) is 0 Å². The van der Waals surface area contributed by atoms with Gasteiger partial charge in [0.25, 0.3) is 0 Å². The van der Waals surface area contributed by atoms with Crippen LogP contribution in [0.5, 0.6) is 0 Å². The predicted octanol–water partition coefficient (Wildman–Crippen LogP) is 1.70. The van der Waals surface area contributed by atoms with Gasteiger partial charge >= 0.3 is 0 Å². The van der Waals surface area contributed by atoms with Gasteiger partial charge in [-0.2, -0.15) is 0 Å². The molecule has 0 bridgehead atoms. The molecule has 0 amide bonds. The zero-order valence-corrected chi connectivity index (χ0v) is 7.37. The van der Waals surface area contributed by atoms with Gasteiger partial charge in [-0.1, -0.05) is 34.4 Å². The van der Waals surface area contributed by atoms with Crippen molar-refractivity contribution >= 4 is 39.5 Å². The summed E-state index contributed by atoms with van der Waals surface area (Å²) in [5, 5.41) is 0.404. The Morgan fingerprint density at radius 1 is 1.88 bits per heavy atom. The van der Waals surface area contributed by atoms with Crippen molar-refractivity contribution in [3.8, 4) is 0 Å². The van der Waals surface area contributed by atoms with Crippen molar-refractivity contribution in [2.24, 2.45) is 5.92 Å². The minimum atomic E-state index is 0.404. The monoisotopic (exact) mass is 242 g/mol. The molecule has 0 radical (unpaired) electrons. The summed E-state index contributed by atoms with van der Waals surface area (Å²) in [6, 6.07) is 0. The Kier molecular flexibility index (Phi) is 2.62. The van der Waals surface area contributed by atoms with Gasteiger partial charge in [-0.25, -0.2) is 0 Å². The second-order valence-corrected chi connectivity index (χ2v) is 3.91. The fourth-order valence-electron chi connectivity index (χ4n) is 0.602. The highest BCUT2D eigenvalue weighted by molar-refractivity contribution is 14.1.